The van der Waals surface area contributed by atoms with Crippen molar-refractivity contribution in [3.63, 3.8) is 0 Å². The molecule has 0 radical (unpaired) electrons. The number of carboxylic acids is 1. The summed E-state index contributed by atoms with van der Waals surface area (Å²) < 4.78 is 22.7. The maximum atomic E-state index is 11.9. The maximum absolute atomic E-state index is 11.9. The van der Waals surface area contributed by atoms with E-state index in [4.69, 9.17) is 14.6 Å². The van der Waals surface area contributed by atoms with E-state index in [-0.39, 0.29) is 12.7 Å². The van der Waals surface area contributed by atoms with Crippen LogP contribution in [0.3, 0.4) is 0 Å². The third kappa shape index (κ3) is 5.08. The highest BCUT2D eigenvalue weighted by atomic mass is 19.1. The van der Waals surface area contributed by atoms with E-state index in [0.29, 0.717) is 26.2 Å². The molecule has 0 bridgehead atoms. The minimum atomic E-state index is -0.835. The standard InChI is InChI=1S/C15H20FNO4/c16-5-6-20-9-11-1-3-12(4-2-11)10-21-13-7-14(15(18)19)17-8-13/h1-4,13-14,17H,5-10H2,(H,18,19)/t13-,14+/m1/s1. The van der Waals surface area contributed by atoms with Crippen LogP contribution in [0.4, 0.5) is 4.39 Å². The molecule has 1 saturated heterocycles. The molecule has 1 fully saturated rings. The SMILES string of the molecule is O=C(O)[C@@H]1C[C@@H](OCc2ccc(COCCF)cc2)CN1. The third-order valence-electron chi connectivity index (χ3n) is 3.39. The van der Waals surface area contributed by atoms with Gasteiger partial charge in [-0.05, 0) is 11.1 Å². The second-order valence-corrected chi connectivity index (χ2v) is 5.03. The second-order valence-electron chi connectivity index (χ2n) is 5.03. The molecular weight excluding hydrogens is 277 g/mol. The first-order valence-electron chi connectivity index (χ1n) is 6.98. The van der Waals surface area contributed by atoms with Gasteiger partial charge < -0.3 is 19.9 Å². The van der Waals surface area contributed by atoms with Crippen LogP contribution in [0.5, 0.6) is 0 Å². The minimum absolute atomic E-state index is 0.0707. The molecule has 116 valence electrons. The summed E-state index contributed by atoms with van der Waals surface area (Å²) in [6.07, 6.45) is 0.420. The topological polar surface area (TPSA) is 67.8 Å². The number of nitrogens with one attached hydrogen (secondary N) is 1. The number of carboxylic acid groups (broad SMARTS) is 1. The second kappa shape index (κ2) is 8.07. The Hall–Kier alpha value is -1.50. The van der Waals surface area contributed by atoms with Gasteiger partial charge in [0.1, 0.15) is 12.7 Å². The molecule has 0 aromatic heterocycles. The Balaban J connectivity index is 1.72. The number of halogens is 1. The van der Waals surface area contributed by atoms with Crippen molar-refractivity contribution in [1.82, 2.24) is 5.32 Å². The molecule has 0 aliphatic carbocycles. The fourth-order valence-electron chi connectivity index (χ4n) is 2.21. The number of aliphatic carboxylic acids is 1. The van der Waals surface area contributed by atoms with Gasteiger partial charge in [0.15, 0.2) is 0 Å². The van der Waals surface area contributed by atoms with E-state index in [1.54, 1.807) is 0 Å². The molecule has 5 nitrogen and oxygen atoms in total. The fraction of sp³-hybridized carbons (Fsp3) is 0.533. The molecule has 1 aromatic carbocycles. The summed E-state index contributed by atoms with van der Waals surface area (Å²) in [5, 5.41) is 11.8. The molecule has 6 heteroatoms. The van der Waals surface area contributed by atoms with E-state index in [1.807, 2.05) is 24.3 Å². The molecule has 1 aromatic rings. The van der Waals surface area contributed by atoms with Crippen molar-refractivity contribution in [2.45, 2.75) is 31.8 Å². The first kappa shape index (κ1) is 15.9. The Labute approximate surface area is 123 Å². The average molecular weight is 297 g/mol. The van der Waals surface area contributed by atoms with E-state index < -0.39 is 18.7 Å². The average Bonchev–Trinajstić information content (AvgIpc) is 2.96. The Morgan fingerprint density at radius 3 is 2.52 bits per heavy atom. The summed E-state index contributed by atoms with van der Waals surface area (Å²) in [5.74, 6) is -0.835. The molecule has 0 amide bonds. The van der Waals surface area contributed by atoms with E-state index in [0.717, 1.165) is 11.1 Å². The van der Waals surface area contributed by atoms with Gasteiger partial charge in [0.25, 0.3) is 0 Å². The van der Waals surface area contributed by atoms with Crippen LogP contribution in [0.15, 0.2) is 24.3 Å². The van der Waals surface area contributed by atoms with Gasteiger partial charge in [0.2, 0.25) is 0 Å². The van der Waals surface area contributed by atoms with Gasteiger partial charge in [-0.1, -0.05) is 24.3 Å². The zero-order valence-corrected chi connectivity index (χ0v) is 11.8. The highest BCUT2D eigenvalue weighted by molar-refractivity contribution is 5.73. The van der Waals surface area contributed by atoms with E-state index in [1.165, 1.54) is 0 Å². The quantitative estimate of drug-likeness (QED) is 0.712. The number of rotatable bonds is 8. The number of alkyl halides is 1. The Bertz CT molecular complexity index is 451. The van der Waals surface area contributed by atoms with Gasteiger partial charge in [-0.15, -0.1) is 0 Å². The van der Waals surface area contributed by atoms with E-state index >= 15 is 0 Å². The van der Waals surface area contributed by atoms with Gasteiger partial charge in [-0.3, -0.25) is 4.79 Å². The first-order chi connectivity index (χ1) is 10.2. The molecule has 0 unspecified atom stereocenters. The molecule has 2 atom stereocenters. The highest BCUT2D eigenvalue weighted by Gasteiger charge is 2.29. The van der Waals surface area contributed by atoms with Gasteiger partial charge in [-0.25, -0.2) is 4.39 Å². The summed E-state index contributed by atoms with van der Waals surface area (Å²) in [4.78, 5) is 10.8. The van der Waals surface area contributed by atoms with Crippen LogP contribution in [0.25, 0.3) is 0 Å². The van der Waals surface area contributed by atoms with Crippen molar-refractivity contribution in [2.75, 3.05) is 19.8 Å². The molecule has 1 aliphatic heterocycles. The predicted octanol–water partition coefficient (Wildman–Crippen LogP) is 1.50. The van der Waals surface area contributed by atoms with Crippen LogP contribution in [0.2, 0.25) is 0 Å². The Morgan fingerprint density at radius 1 is 1.29 bits per heavy atom. The molecule has 0 spiro atoms. The number of hydrogen-bond acceptors (Lipinski definition) is 4. The minimum Gasteiger partial charge on any atom is -0.480 e. The maximum Gasteiger partial charge on any atom is 0.320 e. The lowest BCUT2D eigenvalue weighted by molar-refractivity contribution is -0.139. The zero-order valence-electron chi connectivity index (χ0n) is 11.8. The predicted molar refractivity (Wildman–Crippen MR) is 74.7 cm³/mol. The number of benzene rings is 1. The number of ether oxygens (including phenoxy) is 2. The molecule has 2 N–H and O–H groups in total. The van der Waals surface area contributed by atoms with Gasteiger partial charge in [-0.2, -0.15) is 0 Å². The third-order valence-corrected chi connectivity index (χ3v) is 3.39. The van der Waals surface area contributed by atoms with Crippen LogP contribution in [-0.2, 0) is 27.5 Å². The van der Waals surface area contributed by atoms with Gasteiger partial charge in [0.05, 0.1) is 25.9 Å². The summed E-state index contributed by atoms with van der Waals surface area (Å²) in [6.45, 7) is 1.05. The molecule has 1 heterocycles. The normalized spacial score (nSPS) is 21.6. The van der Waals surface area contributed by atoms with Crippen LogP contribution in [0.1, 0.15) is 17.5 Å². The van der Waals surface area contributed by atoms with E-state index in [9.17, 15) is 9.18 Å². The summed E-state index contributed by atoms with van der Waals surface area (Å²) >= 11 is 0. The van der Waals surface area contributed by atoms with Crippen molar-refractivity contribution in [3.05, 3.63) is 35.4 Å². The highest BCUT2D eigenvalue weighted by Crippen LogP contribution is 2.14. The summed E-state index contributed by atoms with van der Waals surface area (Å²) in [6, 6.07) is 7.20. The lowest BCUT2D eigenvalue weighted by Gasteiger charge is -2.11. The Morgan fingerprint density at radius 2 is 1.95 bits per heavy atom. The Kier molecular flexibility index (Phi) is 6.10. The van der Waals surface area contributed by atoms with Crippen molar-refractivity contribution in [3.8, 4) is 0 Å². The smallest absolute Gasteiger partial charge is 0.320 e. The zero-order chi connectivity index (χ0) is 15.1. The molecule has 1 aliphatic rings. The lowest BCUT2D eigenvalue weighted by Crippen LogP contribution is -2.29. The van der Waals surface area contributed by atoms with Crippen LogP contribution >= 0.6 is 0 Å². The van der Waals surface area contributed by atoms with Crippen molar-refractivity contribution in [2.24, 2.45) is 0 Å². The molecule has 0 saturated carbocycles. The van der Waals surface area contributed by atoms with Crippen LogP contribution < -0.4 is 5.32 Å². The lowest BCUT2D eigenvalue weighted by atomic mass is 10.1. The monoisotopic (exact) mass is 297 g/mol. The van der Waals surface area contributed by atoms with Gasteiger partial charge >= 0.3 is 5.97 Å². The molecule has 21 heavy (non-hydrogen) atoms. The number of carbonyl (C=O) groups is 1. The van der Waals surface area contributed by atoms with Crippen LogP contribution in [-0.4, -0.2) is 43.0 Å². The fourth-order valence-corrected chi connectivity index (χ4v) is 2.21. The van der Waals surface area contributed by atoms with Crippen molar-refractivity contribution < 1.29 is 23.8 Å². The largest absolute Gasteiger partial charge is 0.480 e. The van der Waals surface area contributed by atoms with Gasteiger partial charge in [0, 0.05) is 13.0 Å². The van der Waals surface area contributed by atoms with E-state index in [2.05, 4.69) is 5.32 Å². The van der Waals surface area contributed by atoms with Crippen LogP contribution in [0, 0.1) is 0 Å². The molecule has 2 rings (SSSR count). The summed E-state index contributed by atoms with van der Waals surface area (Å²) in [5.41, 5.74) is 2.00. The van der Waals surface area contributed by atoms with Crippen molar-refractivity contribution >= 4 is 5.97 Å². The first-order valence-corrected chi connectivity index (χ1v) is 6.98. The molecular formula is C15H20FNO4. The number of hydrogen-bond donors (Lipinski definition) is 2. The summed E-state index contributed by atoms with van der Waals surface area (Å²) in [7, 11) is 0. The van der Waals surface area contributed by atoms with Crippen molar-refractivity contribution in [1.29, 1.82) is 0 Å².